The summed E-state index contributed by atoms with van der Waals surface area (Å²) in [6.45, 7) is 4.71. The van der Waals surface area contributed by atoms with Crippen LogP contribution in [0.4, 0.5) is 17.1 Å². The molecule has 2 heterocycles. The first-order chi connectivity index (χ1) is 25.1. The third-order valence-electron chi connectivity index (χ3n) is 11.3. The molecule has 0 saturated heterocycles. The van der Waals surface area contributed by atoms with Crippen LogP contribution in [0.2, 0.25) is 0 Å². The zero-order valence-electron chi connectivity index (χ0n) is 28.4. The molecule has 0 bridgehead atoms. The first-order valence-corrected chi connectivity index (χ1v) is 17.7. The Bertz CT molecular complexity index is 2990. The average molecular weight is 652 g/mol. The summed E-state index contributed by atoms with van der Waals surface area (Å²) in [6, 6.07) is 57.8. The van der Waals surface area contributed by atoms with Gasteiger partial charge in [0.25, 0.3) is 0 Å². The summed E-state index contributed by atoms with van der Waals surface area (Å²) >= 11 is 0. The van der Waals surface area contributed by atoms with Crippen LogP contribution in [0, 0.1) is 0 Å². The number of hydrogen-bond acceptors (Lipinski definition) is 2. The molecule has 3 heteroatoms. The second-order valence-corrected chi connectivity index (χ2v) is 14.4. The molecule has 0 aliphatic heterocycles. The third-order valence-corrected chi connectivity index (χ3v) is 11.3. The van der Waals surface area contributed by atoms with Gasteiger partial charge in [-0.15, -0.1) is 0 Å². The molecular formula is C48H33N3. The number of para-hydroxylation sites is 2. The molecule has 0 unspecified atom stereocenters. The molecule has 240 valence electrons. The normalized spacial score (nSPS) is 13.5. The summed E-state index contributed by atoms with van der Waals surface area (Å²) < 4.78 is 2.36. The second kappa shape index (κ2) is 10.3. The van der Waals surface area contributed by atoms with E-state index >= 15 is 0 Å². The largest absolute Gasteiger partial charge is 0.310 e. The van der Waals surface area contributed by atoms with E-state index in [4.69, 9.17) is 4.98 Å². The number of hydrogen-bond donors (Lipinski definition) is 0. The number of pyridine rings is 1. The Morgan fingerprint density at radius 1 is 0.510 bits per heavy atom. The summed E-state index contributed by atoms with van der Waals surface area (Å²) in [5.41, 5.74) is 13.3. The highest BCUT2D eigenvalue weighted by Crippen LogP contribution is 2.52. The van der Waals surface area contributed by atoms with Crippen LogP contribution in [-0.2, 0) is 5.41 Å². The number of fused-ring (bicyclic) bond motifs is 7. The van der Waals surface area contributed by atoms with Gasteiger partial charge in [0.05, 0.1) is 22.2 Å². The van der Waals surface area contributed by atoms with Crippen LogP contribution in [0.3, 0.4) is 0 Å². The Kier molecular flexibility index (Phi) is 5.73. The highest BCUT2D eigenvalue weighted by Gasteiger charge is 2.36. The summed E-state index contributed by atoms with van der Waals surface area (Å²) in [7, 11) is 0. The van der Waals surface area contributed by atoms with Gasteiger partial charge in [0.2, 0.25) is 0 Å². The smallest absolute Gasteiger partial charge is 0.0969 e. The minimum Gasteiger partial charge on any atom is -0.310 e. The van der Waals surface area contributed by atoms with E-state index in [1.807, 2.05) is 12.3 Å². The maximum Gasteiger partial charge on any atom is 0.0969 e. The van der Waals surface area contributed by atoms with Gasteiger partial charge in [-0.3, -0.25) is 4.98 Å². The molecule has 0 atom stereocenters. The summed E-state index contributed by atoms with van der Waals surface area (Å²) in [4.78, 5) is 7.44. The Balaban J connectivity index is 1.20. The first-order valence-electron chi connectivity index (χ1n) is 17.7. The van der Waals surface area contributed by atoms with E-state index in [-0.39, 0.29) is 5.41 Å². The predicted molar refractivity (Wildman–Crippen MR) is 215 cm³/mol. The molecule has 11 rings (SSSR count). The molecule has 10 aromatic rings. The van der Waals surface area contributed by atoms with Crippen molar-refractivity contribution in [2.45, 2.75) is 19.3 Å². The number of nitrogens with zero attached hydrogens (tertiary/aromatic N) is 3. The molecule has 3 nitrogen and oxygen atoms in total. The lowest BCUT2D eigenvalue weighted by atomic mass is 9.82. The fourth-order valence-corrected chi connectivity index (χ4v) is 9.06. The maximum absolute atomic E-state index is 4.99. The molecule has 2 aromatic heterocycles. The highest BCUT2D eigenvalue weighted by molar-refractivity contribution is 6.33. The standard InChI is InChI=1S/C48H33N3/c1-48(2)39-17-10-9-16-35(39)36-25-22-34(29-40(36)48)50(32-12-5-3-6-13-32)41-26-21-30-19-24-38-45-31(20-23-37(41)44(30)45)28-43-46(38)47-42(18-11-27-49-47)51(43)33-14-7-4-8-15-33/h3-29H,1-2H3. The lowest BCUT2D eigenvalue weighted by Gasteiger charge is -2.29. The van der Waals surface area contributed by atoms with Crippen molar-refractivity contribution in [3.8, 4) is 16.8 Å². The van der Waals surface area contributed by atoms with E-state index in [9.17, 15) is 0 Å². The minimum absolute atomic E-state index is 0.0920. The lowest BCUT2D eigenvalue weighted by Crippen LogP contribution is -2.16. The molecule has 1 aliphatic rings. The SMILES string of the molecule is CC1(C)c2ccccc2-c2ccc(N(c3ccccc3)c3ccc4ccc5c6c(ccc3c46)cc3c5c4ncccc4n3-c3ccccc3)cc21. The van der Waals surface area contributed by atoms with Gasteiger partial charge in [-0.05, 0) is 110 Å². The molecule has 0 spiro atoms. The predicted octanol–water partition coefficient (Wildman–Crippen LogP) is 12.9. The van der Waals surface area contributed by atoms with Crippen molar-refractivity contribution in [2.24, 2.45) is 0 Å². The van der Waals surface area contributed by atoms with Crippen LogP contribution in [0.1, 0.15) is 25.0 Å². The van der Waals surface area contributed by atoms with Crippen molar-refractivity contribution in [3.05, 3.63) is 175 Å². The van der Waals surface area contributed by atoms with Crippen LogP contribution < -0.4 is 4.90 Å². The van der Waals surface area contributed by atoms with Crippen molar-refractivity contribution < 1.29 is 0 Å². The van der Waals surface area contributed by atoms with Crippen molar-refractivity contribution in [3.63, 3.8) is 0 Å². The molecule has 8 aromatic carbocycles. The number of aromatic nitrogens is 2. The Hall–Kier alpha value is -6.45. The van der Waals surface area contributed by atoms with E-state index in [0.29, 0.717) is 0 Å². The van der Waals surface area contributed by atoms with Crippen LogP contribution in [0.5, 0.6) is 0 Å². The van der Waals surface area contributed by atoms with Gasteiger partial charge in [0.1, 0.15) is 0 Å². The van der Waals surface area contributed by atoms with Crippen molar-refractivity contribution >= 4 is 71.3 Å². The van der Waals surface area contributed by atoms with Crippen LogP contribution >= 0.6 is 0 Å². The Morgan fingerprint density at radius 2 is 1.22 bits per heavy atom. The lowest BCUT2D eigenvalue weighted by molar-refractivity contribution is 0.660. The zero-order chi connectivity index (χ0) is 33.8. The second-order valence-electron chi connectivity index (χ2n) is 14.4. The topological polar surface area (TPSA) is 21.1 Å². The van der Waals surface area contributed by atoms with Gasteiger partial charge in [-0.1, -0.05) is 111 Å². The molecule has 1 aliphatic carbocycles. The third kappa shape index (κ3) is 3.86. The van der Waals surface area contributed by atoms with E-state index in [1.54, 1.807) is 0 Å². The monoisotopic (exact) mass is 651 g/mol. The molecule has 0 saturated carbocycles. The van der Waals surface area contributed by atoms with E-state index < -0.39 is 0 Å². The van der Waals surface area contributed by atoms with Gasteiger partial charge < -0.3 is 9.47 Å². The molecule has 0 fully saturated rings. The average Bonchev–Trinajstić information content (AvgIpc) is 3.63. The quantitative estimate of drug-likeness (QED) is 0.177. The first kappa shape index (κ1) is 28.4. The van der Waals surface area contributed by atoms with E-state index in [2.05, 4.69) is 175 Å². The van der Waals surface area contributed by atoms with Crippen molar-refractivity contribution in [1.82, 2.24) is 9.55 Å². The number of benzene rings is 8. The minimum atomic E-state index is -0.0920. The number of rotatable bonds is 4. The molecule has 0 radical (unpaired) electrons. The fraction of sp³-hybridized carbons (Fsp3) is 0.0625. The Labute approximate surface area is 296 Å². The Morgan fingerprint density at radius 3 is 2.08 bits per heavy atom. The molecule has 51 heavy (non-hydrogen) atoms. The molecule has 0 amide bonds. The van der Waals surface area contributed by atoms with E-state index in [1.165, 1.54) is 71.2 Å². The zero-order valence-corrected chi connectivity index (χ0v) is 28.4. The van der Waals surface area contributed by atoms with Gasteiger partial charge in [0, 0.05) is 39.4 Å². The van der Waals surface area contributed by atoms with Crippen molar-refractivity contribution in [1.29, 1.82) is 0 Å². The van der Waals surface area contributed by atoms with Crippen LogP contribution in [0.15, 0.2) is 164 Å². The fourth-order valence-electron chi connectivity index (χ4n) is 9.06. The van der Waals surface area contributed by atoms with E-state index in [0.717, 1.165) is 28.1 Å². The van der Waals surface area contributed by atoms with Crippen LogP contribution in [-0.4, -0.2) is 9.55 Å². The van der Waals surface area contributed by atoms with Crippen LogP contribution in [0.25, 0.3) is 71.1 Å². The van der Waals surface area contributed by atoms with Gasteiger partial charge >= 0.3 is 0 Å². The summed E-state index contributed by atoms with van der Waals surface area (Å²) in [5.74, 6) is 0. The maximum atomic E-state index is 4.99. The van der Waals surface area contributed by atoms with Gasteiger partial charge in [-0.2, -0.15) is 0 Å². The summed E-state index contributed by atoms with van der Waals surface area (Å²) in [6.07, 6.45) is 1.92. The molecular weight excluding hydrogens is 619 g/mol. The van der Waals surface area contributed by atoms with Gasteiger partial charge in [0.15, 0.2) is 0 Å². The highest BCUT2D eigenvalue weighted by atomic mass is 15.1. The van der Waals surface area contributed by atoms with Crippen molar-refractivity contribution in [2.75, 3.05) is 4.90 Å². The molecule has 0 N–H and O–H groups in total. The summed E-state index contributed by atoms with van der Waals surface area (Å²) in [5, 5.41) is 8.71. The number of anilines is 3. The van der Waals surface area contributed by atoms with Gasteiger partial charge in [-0.25, -0.2) is 0 Å².